The highest BCUT2D eigenvalue weighted by Crippen LogP contribution is 2.61. The van der Waals surface area contributed by atoms with Gasteiger partial charge in [-0.25, -0.2) is 33.4 Å². The highest BCUT2D eigenvalue weighted by Gasteiger charge is 2.54. The number of hydrogen-bond acceptors (Lipinski definition) is 17. The van der Waals surface area contributed by atoms with Gasteiger partial charge in [0.25, 0.3) is 6.23 Å². The second kappa shape index (κ2) is 14.3. The largest absolute Gasteiger partial charge is 0.481 e. The van der Waals surface area contributed by atoms with Crippen molar-refractivity contribution in [3.8, 4) is 0 Å². The zero-order valence-corrected chi connectivity index (χ0v) is 28.4. The maximum absolute atomic E-state index is 12.6. The number of carboxylic acids is 1. The molecule has 3 aromatic rings. The van der Waals surface area contributed by atoms with Crippen LogP contribution in [0, 0.1) is 0 Å². The van der Waals surface area contributed by atoms with Crippen molar-refractivity contribution >= 4 is 62.3 Å². The van der Waals surface area contributed by atoms with Gasteiger partial charge >= 0.3 is 29.4 Å². The first-order valence-corrected chi connectivity index (χ1v) is 18.7. The molecule has 24 nitrogen and oxygen atoms in total. The Morgan fingerprint density at radius 1 is 1.00 bits per heavy atom. The number of phosphoric acid groups is 3. The molecule has 270 valence electrons. The van der Waals surface area contributed by atoms with Gasteiger partial charge in [0.1, 0.15) is 42.4 Å². The van der Waals surface area contributed by atoms with Crippen molar-refractivity contribution in [2.75, 3.05) is 18.9 Å². The number of hydrogen-bond donors (Lipinski definition) is 9. The van der Waals surface area contributed by atoms with Gasteiger partial charge in [-0.3, -0.25) is 18.1 Å². The first-order valence-electron chi connectivity index (χ1n) is 13.4. The van der Waals surface area contributed by atoms with Gasteiger partial charge in [0.05, 0.1) is 13.2 Å². The number of nitrogens with zero attached hydrogens (tertiary/aromatic N) is 5. The average molecular weight is 824 g/mol. The normalized spacial score (nSPS) is 30.0. The van der Waals surface area contributed by atoms with Gasteiger partial charge in [-0.15, -0.1) is 0 Å². The molecule has 0 saturated carbocycles. The van der Waals surface area contributed by atoms with E-state index in [1.165, 1.54) is 22.9 Å². The van der Waals surface area contributed by atoms with Crippen LogP contribution in [0.1, 0.15) is 22.8 Å². The number of nitrogen functional groups attached to an aromatic ring is 1. The van der Waals surface area contributed by atoms with Crippen LogP contribution in [0.3, 0.4) is 0 Å². The molecule has 28 heteroatoms. The summed E-state index contributed by atoms with van der Waals surface area (Å²) in [5.74, 6) is -1.38. The number of aliphatic hydroxyl groups is 3. The number of aliphatic hydroxyl groups excluding tert-OH is 3. The number of ether oxygens (including phenoxy) is 2. The summed E-state index contributed by atoms with van der Waals surface area (Å²) in [5, 5.41) is 41.0. The molecule has 6 unspecified atom stereocenters. The molecule has 2 aliphatic rings. The van der Waals surface area contributed by atoms with Gasteiger partial charge < -0.3 is 55.2 Å². The smallest absolute Gasteiger partial charge is 0.477 e. The third kappa shape index (κ3) is 8.57. The molecule has 0 spiro atoms. The van der Waals surface area contributed by atoms with Crippen molar-refractivity contribution in [3.05, 3.63) is 41.2 Å². The fraction of sp³-hybridized carbons (Fsp3) is 0.476. The molecule has 2 saturated heterocycles. The predicted octanol–water partition coefficient (Wildman–Crippen LogP) is -1.54. The molecule has 5 rings (SSSR count). The van der Waals surface area contributed by atoms with Crippen molar-refractivity contribution in [1.29, 1.82) is 0 Å². The maximum Gasteiger partial charge on any atom is 0.481 e. The van der Waals surface area contributed by atoms with E-state index in [1.807, 2.05) is 0 Å². The number of halogens is 1. The topological polar surface area (TPSA) is 359 Å². The third-order valence-corrected chi connectivity index (χ3v) is 10.7. The van der Waals surface area contributed by atoms with Crippen LogP contribution in [0.4, 0.5) is 5.82 Å². The summed E-state index contributed by atoms with van der Waals surface area (Å²) in [6, 6.07) is 2.43. The van der Waals surface area contributed by atoms with Crippen LogP contribution < -0.4 is 10.3 Å². The Kier molecular flexibility index (Phi) is 11.1. The van der Waals surface area contributed by atoms with Crippen LogP contribution in [0.25, 0.3) is 11.2 Å². The van der Waals surface area contributed by atoms with Gasteiger partial charge in [-0.05, 0) is 22.0 Å². The number of pyridine rings is 1. The van der Waals surface area contributed by atoms with Crippen molar-refractivity contribution in [2.24, 2.45) is 0 Å². The molecule has 0 amide bonds. The number of carbonyl (C=O) groups is 1. The number of anilines is 1. The summed E-state index contributed by atoms with van der Waals surface area (Å²) in [6.07, 6.45) is -10.2. The monoisotopic (exact) mass is 823 g/mol. The van der Waals surface area contributed by atoms with Crippen LogP contribution in [-0.2, 0) is 41.1 Å². The van der Waals surface area contributed by atoms with E-state index in [9.17, 15) is 58.5 Å². The van der Waals surface area contributed by atoms with E-state index in [2.05, 4.69) is 44.2 Å². The number of fused-ring (bicyclic) bond motifs is 1. The fourth-order valence-corrected chi connectivity index (χ4v) is 8.05. The molecule has 2 fully saturated rings. The fourth-order valence-electron chi connectivity index (χ4n) is 4.86. The Hall–Kier alpha value is -2.38. The number of phosphoric ester groups is 3. The van der Waals surface area contributed by atoms with Crippen LogP contribution in [0.2, 0.25) is 0 Å². The van der Waals surface area contributed by atoms with Gasteiger partial charge in [-0.1, -0.05) is 0 Å². The number of aromatic nitrogens is 5. The number of imidazole rings is 1. The van der Waals surface area contributed by atoms with Crippen LogP contribution in [0.5, 0.6) is 0 Å². The minimum atomic E-state index is -5.55. The molecule has 5 heterocycles. The lowest BCUT2D eigenvalue weighted by Gasteiger charge is -2.20. The molecule has 3 aromatic heterocycles. The lowest BCUT2D eigenvalue weighted by molar-refractivity contribution is -0.765. The Bertz CT molecular complexity index is 1860. The number of rotatable bonds is 13. The summed E-state index contributed by atoms with van der Waals surface area (Å²) >= 11 is 3.17. The Balaban J connectivity index is 1.21. The molecule has 49 heavy (non-hydrogen) atoms. The SMILES string of the molecule is Nc1ncnc2c1nc(Br)n2C1O[C@H](COP(=O)(O)OP(=O)(O)OC[C@H]2OC([n+]3cccc(C(=O)O)c3)C(OP(=O)(O)O)[C@H]2O)[C@H](O)C1O. The molecule has 0 bridgehead atoms. The Morgan fingerprint density at radius 2 is 1.63 bits per heavy atom. The molecule has 2 aliphatic heterocycles. The molecule has 0 aliphatic carbocycles. The van der Waals surface area contributed by atoms with E-state index in [-0.39, 0.29) is 27.3 Å². The zero-order valence-electron chi connectivity index (χ0n) is 24.1. The van der Waals surface area contributed by atoms with Crippen molar-refractivity contribution < 1.29 is 90.4 Å². The van der Waals surface area contributed by atoms with Gasteiger partial charge in [0.15, 0.2) is 46.4 Å². The van der Waals surface area contributed by atoms with E-state index < -0.39 is 91.7 Å². The lowest BCUT2D eigenvalue weighted by atomic mass is 10.1. The van der Waals surface area contributed by atoms with E-state index in [4.69, 9.17) is 19.7 Å². The van der Waals surface area contributed by atoms with Crippen molar-refractivity contribution in [1.82, 2.24) is 19.5 Å². The van der Waals surface area contributed by atoms with E-state index in [0.717, 1.165) is 17.1 Å². The highest BCUT2D eigenvalue weighted by atomic mass is 79.9. The molecular formula is C21H27BrN6O18P3+. The molecule has 10 atom stereocenters. The molecule has 0 aromatic carbocycles. The van der Waals surface area contributed by atoms with Gasteiger partial charge in [0.2, 0.25) is 0 Å². The zero-order chi connectivity index (χ0) is 36.1. The quantitative estimate of drug-likeness (QED) is 0.0536. The predicted molar refractivity (Wildman–Crippen MR) is 156 cm³/mol. The van der Waals surface area contributed by atoms with E-state index in [0.29, 0.717) is 0 Å². The van der Waals surface area contributed by atoms with E-state index in [1.54, 1.807) is 0 Å². The van der Waals surface area contributed by atoms with E-state index >= 15 is 0 Å². The summed E-state index contributed by atoms with van der Waals surface area (Å²) in [4.78, 5) is 62.2. The average Bonchev–Trinajstić information content (AvgIpc) is 3.60. The van der Waals surface area contributed by atoms with Crippen LogP contribution >= 0.6 is 39.4 Å². The molecule has 10 N–H and O–H groups in total. The first-order chi connectivity index (χ1) is 22.8. The number of aromatic carboxylic acids is 1. The van der Waals surface area contributed by atoms with Gasteiger partial charge in [-0.2, -0.15) is 8.88 Å². The van der Waals surface area contributed by atoms with Crippen molar-refractivity contribution in [3.63, 3.8) is 0 Å². The third-order valence-electron chi connectivity index (χ3n) is 7.00. The lowest BCUT2D eigenvalue weighted by Crippen LogP contribution is -2.47. The summed E-state index contributed by atoms with van der Waals surface area (Å²) < 4.78 is 68.3. The Labute approximate surface area is 281 Å². The number of carboxylic acid groups (broad SMARTS) is 1. The van der Waals surface area contributed by atoms with Gasteiger partial charge in [0, 0.05) is 6.07 Å². The molecule has 0 radical (unpaired) electrons. The standard InChI is InChI=1S/C21H26BrN6O18P3/c22-21-26-11-16(23)24-7-25-17(11)28(21)18-14(31)12(29)9(43-18)5-41-48(37,38)46-49(39,40)42-6-10-13(30)15(45-47(34,35)36)19(44-10)27-3-1-2-8(4-27)20(32)33/h1-4,7,9-10,12-15,18-19,29-31H,5-6H2,(H6-,23,24,25,32,33,34,35,36,37,38,39,40)/p+1/t9-,10-,12+,13+,14?,15?,18?,19?/m1/s1. The number of nitrogens with two attached hydrogens (primary N) is 1. The maximum atomic E-state index is 12.6. The summed E-state index contributed by atoms with van der Waals surface area (Å²) in [7, 11) is -16.4. The second-order valence-corrected chi connectivity index (χ2v) is 15.2. The highest BCUT2D eigenvalue weighted by molar-refractivity contribution is 9.10. The van der Waals surface area contributed by atoms with Crippen molar-refractivity contribution in [2.45, 2.75) is 49.1 Å². The van der Waals surface area contributed by atoms with Crippen LogP contribution in [0.15, 0.2) is 35.6 Å². The summed E-state index contributed by atoms with van der Waals surface area (Å²) in [5.41, 5.74) is 5.73. The summed E-state index contributed by atoms with van der Waals surface area (Å²) in [6.45, 7) is -2.09. The minimum Gasteiger partial charge on any atom is -0.477 e. The molecular weight excluding hydrogens is 797 g/mol. The minimum absolute atomic E-state index is 0.00101. The first kappa shape index (κ1) is 37.9. The second-order valence-electron chi connectivity index (χ2n) is 10.3. The van der Waals surface area contributed by atoms with Crippen LogP contribution in [-0.4, -0.2) is 115 Å². The Morgan fingerprint density at radius 3 is 2.24 bits per heavy atom.